The zero-order valence-electron chi connectivity index (χ0n) is 14.7. The van der Waals surface area contributed by atoms with Crippen LogP contribution < -0.4 is 15.0 Å². The number of thiazole rings is 1. The number of amides is 1. The molecule has 0 bridgehead atoms. The highest BCUT2D eigenvalue weighted by atomic mass is 32.1. The summed E-state index contributed by atoms with van der Waals surface area (Å²) in [6, 6.07) is 7.64. The molecule has 26 heavy (non-hydrogen) atoms. The highest BCUT2D eigenvalue weighted by Crippen LogP contribution is 2.33. The molecule has 1 amide bonds. The molecule has 0 aliphatic carbocycles. The van der Waals surface area contributed by atoms with Crippen LogP contribution in [0.15, 0.2) is 28.8 Å². The third kappa shape index (κ3) is 3.37. The maximum atomic E-state index is 12.4. The van der Waals surface area contributed by atoms with Crippen LogP contribution in [0.25, 0.3) is 10.2 Å². The van der Waals surface area contributed by atoms with Crippen molar-refractivity contribution in [3.05, 3.63) is 30.0 Å². The van der Waals surface area contributed by atoms with Crippen molar-refractivity contribution in [3.8, 4) is 5.75 Å². The summed E-state index contributed by atoms with van der Waals surface area (Å²) in [6.07, 6.45) is 1.59. The maximum absolute atomic E-state index is 12.4. The molecule has 1 fully saturated rings. The molecule has 1 saturated heterocycles. The molecule has 7 nitrogen and oxygen atoms in total. The quantitative estimate of drug-likeness (QED) is 0.755. The SMILES string of the molecule is COc1ccc2nc(N3CCC(C(=O)Nc4cc(C)on4)CC3)sc2c1. The van der Waals surface area contributed by atoms with Gasteiger partial charge in [-0.2, -0.15) is 0 Å². The minimum atomic E-state index is -0.0160. The Morgan fingerprint density at radius 2 is 2.15 bits per heavy atom. The second-order valence-electron chi connectivity index (χ2n) is 6.40. The van der Waals surface area contributed by atoms with E-state index in [0.29, 0.717) is 11.6 Å². The van der Waals surface area contributed by atoms with E-state index in [0.717, 1.165) is 47.0 Å². The zero-order chi connectivity index (χ0) is 18.1. The van der Waals surface area contributed by atoms with Crippen molar-refractivity contribution in [2.45, 2.75) is 19.8 Å². The van der Waals surface area contributed by atoms with E-state index in [1.165, 1.54) is 0 Å². The number of benzene rings is 1. The van der Waals surface area contributed by atoms with Gasteiger partial charge in [-0.05, 0) is 38.0 Å². The molecule has 3 aromatic rings. The molecular weight excluding hydrogens is 352 g/mol. The average molecular weight is 372 g/mol. The molecule has 1 aromatic carbocycles. The number of hydrogen-bond acceptors (Lipinski definition) is 7. The monoisotopic (exact) mass is 372 g/mol. The normalized spacial score (nSPS) is 15.4. The average Bonchev–Trinajstić information content (AvgIpc) is 3.27. The largest absolute Gasteiger partial charge is 0.497 e. The summed E-state index contributed by atoms with van der Waals surface area (Å²) in [5, 5.41) is 7.65. The maximum Gasteiger partial charge on any atom is 0.228 e. The third-order valence-electron chi connectivity index (χ3n) is 4.60. The van der Waals surface area contributed by atoms with Crippen LogP contribution in [0.2, 0.25) is 0 Å². The van der Waals surface area contributed by atoms with E-state index in [-0.39, 0.29) is 11.8 Å². The molecule has 3 heterocycles. The lowest BCUT2D eigenvalue weighted by Gasteiger charge is -2.30. The predicted molar refractivity (Wildman–Crippen MR) is 101 cm³/mol. The van der Waals surface area contributed by atoms with Gasteiger partial charge in [0.2, 0.25) is 5.91 Å². The molecular formula is C18H20N4O3S. The first kappa shape index (κ1) is 16.8. The molecule has 0 atom stereocenters. The number of nitrogens with zero attached hydrogens (tertiary/aromatic N) is 3. The predicted octanol–water partition coefficient (Wildman–Crippen LogP) is 3.46. The Labute approximate surface area is 154 Å². The van der Waals surface area contributed by atoms with Crippen LogP contribution in [-0.4, -0.2) is 36.2 Å². The number of nitrogens with one attached hydrogen (secondary N) is 1. The van der Waals surface area contributed by atoms with Gasteiger partial charge in [0.1, 0.15) is 11.5 Å². The first-order valence-corrected chi connectivity index (χ1v) is 9.38. The number of aromatic nitrogens is 2. The molecule has 2 aromatic heterocycles. The Bertz CT molecular complexity index is 928. The fourth-order valence-corrected chi connectivity index (χ4v) is 4.19. The molecule has 1 aliphatic heterocycles. The summed E-state index contributed by atoms with van der Waals surface area (Å²) in [7, 11) is 1.67. The zero-order valence-corrected chi connectivity index (χ0v) is 15.5. The van der Waals surface area contributed by atoms with Crippen LogP contribution in [0.4, 0.5) is 10.9 Å². The lowest BCUT2D eigenvalue weighted by molar-refractivity contribution is -0.120. The van der Waals surface area contributed by atoms with Crippen LogP contribution >= 0.6 is 11.3 Å². The second kappa shape index (κ2) is 6.95. The van der Waals surface area contributed by atoms with Gasteiger partial charge in [-0.3, -0.25) is 4.79 Å². The van der Waals surface area contributed by atoms with Crippen molar-refractivity contribution in [1.29, 1.82) is 0 Å². The molecule has 0 unspecified atom stereocenters. The van der Waals surface area contributed by atoms with Crippen LogP contribution in [0.3, 0.4) is 0 Å². The lowest BCUT2D eigenvalue weighted by Crippen LogP contribution is -2.38. The summed E-state index contributed by atoms with van der Waals surface area (Å²) in [4.78, 5) is 19.4. The van der Waals surface area contributed by atoms with Gasteiger partial charge in [-0.1, -0.05) is 16.5 Å². The number of rotatable bonds is 4. The smallest absolute Gasteiger partial charge is 0.228 e. The van der Waals surface area contributed by atoms with Gasteiger partial charge in [0.25, 0.3) is 0 Å². The van der Waals surface area contributed by atoms with Gasteiger partial charge >= 0.3 is 0 Å². The Kier molecular flexibility index (Phi) is 4.50. The van der Waals surface area contributed by atoms with Crippen molar-refractivity contribution >= 4 is 38.4 Å². The fraction of sp³-hybridized carbons (Fsp3) is 0.389. The van der Waals surface area contributed by atoms with E-state index in [9.17, 15) is 4.79 Å². The summed E-state index contributed by atoms with van der Waals surface area (Å²) >= 11 is 1.66. The number of hydrogen-bond donors (Lipinski definition) is 1. The van der Waals surface area contributed by atoms with Gasteiger partial charge in [-0.15, -0.1) is 0 Å². The van der Waals surface area contributed by atoms with Gasteiger partial charge in [0.05, 0.1) is 17.3 Å². The van der Waals surface area contributed by atoms with Crippen molar-refractivity contribution < 1.29 is 14.1 Å². The van der Waals surface area contributed by atoms with Crippen molar-refractivity contribution in [3.63, 3.8) is 0 Å². The molecule has 0 spiro atoms. The first-order valence-electron chi connectivity index (χ1n) is 8.56. The Morgan fingerprint density at radius 1 is 1.35 bits per heavy atom. The van der Waals surface area contributed by atoms with Gasteiger partial charge in [0.15, 0.2) is 10.9 Å². The van der Waals surface area contributed by atoms with E-state index < -0.39 is 0 Å². The van der Waals surface area contributed by atoms with Gasteiger partial charge in [-0.25, -0.2) is 4.98 Å². The summed E-state index contributed by atoms with van der Waals surface area (Å²) < 4.78 is 11.4. The summed E-state index contributed by atoms with van der Waals surface area (Å²) in [6.45, 7) is 3.43. The van der Waals surface area contributed by atoms with Crippen LogP contribution in [0.5, 0.6) is 5.75 Å². The van der Waals surface area contributed by atoms with Crippen molar-refractivity contribution in [1.82, 2.24) is 10.1 Å². The number of piperidine rings is 1. The number of carbonyl (C=O) groups excluding carboxylic acids is 1. The first-order chi connectivity index (χ1) is 12.6. The molecule has 1 aliphatic rings. The molecule has 136 valence electrons. The van der Waals surface area contributed by atoms with Crippen LogP contribution in [0.1, 0.15) is 18.6 Å². The lowest BCUT2D eigenvalue weighted by atomic mass is 9.96. The molecule has 8 heteroatoms. The summed E-state index contributed by atoms with van der Waals surface area (Å²) in [5.41, 5.74) is 0.979. The van der Waals surface area contributed by atoms with E-state index >= 15 is 0 Å². The standard InChI is InChI=1S/C18H20N4O3S/c1-11-9-16(21-25-11)20-17(23)12-5-7-22(8-6-12)18-19-14-4-3-13(24-2)10-15(14)26-18/h3-4,9-10,12H,5-8H2,1-2H3,(H,20,21,23). The minimum Gasteiger partial charge on any atom is -0.497 e. The number of anilines is 2. The number of carbonyl (C=O) groups is 1. The Hall–Kier alpha value is -2.61. The van der Waals surface area contributed by atoms with Crippen LogP contribution in [0, 0.1) is 12.8 Å². The topological polar surface area (TPSA) is 80.5 Å². The molecule has 1 N–H and O–H groups in total. The van der Waals surface area contributed by atoms with E-state index in [1.54, 1.807) is 31.4 Å². The van der Waals surface area contributed by atoms with Crippen molar-refractivity contribution in [2.24, 2.45) is 5.92 Å². The van der Waals surface area contributed by atoms with E-state index in [4.69, 9.17) is 14.2 Å². The number of aryl methyl sites for hydroxylation is 1. The number of fused-ring (bicyclic) bond motifs is 1. The van der Waals surface area contributed by atoms with E-state index in [2.05, 4.69) is 15.4 Å². The molecule has 0 radical (unpaired) electrons. The highest BCUT2D eigenvalue weighted by molar-refractivity contribution is 7.22. The van der Waals surface area contributed by atoms with Crippen LogP contribution in [-0.2, 0) is 4.79 Å². The Balaban J connectivity index is 1.39. The van der Waals surface area contributed by atoms with Crippen molar-refractivity contribution in [2.75, 3.05) is 30.4 Å². The molecule has 0 saturated carbocycles. The Morgan fingerprint density at radius 3 is 2.85 bits per heavy atom. The second-order valence-corrected chi connectivity index (χ2v) is 7.41. The third-order valence-corrected chi connectivity index (χ3v) is 5.68. The minimum absolute atomic E-state index is 0.00647. The molecule has 4 rings (SSSR count). The van der Waals surface area contributed by atoms with E-state index in [1.807, 2.05) is 18.2 Å². The van der Waals surface area contributed by atoms with Gasteiger partial charge < -0.3 is 19.5 Å². The highest BCUT2D eigenvalue weighted by Gasteiger charge is 2.27. The summed E-state index contributed by atoms with van der Waals surface area (Å²) in [5.74, 6) is 1.99. The fourth-order valence-electron chi connectivity index (χ4n) is 3.14. The number of methoxy groups -OCH3 is 1. The van der Waals surface area contributed by atoms with Gasteiger partial charge in [0, 0.05) is 25.1 Å². The number of ether oxygens (including phenoxy) is 1.